The van der Waals surface area contributed by atoms with Crippen molar-refractivity contribution in [1.29, 1.82) is 0 Å². The Bertz CT molecular complexity index is 435. The molecule has 1 atom stereocenters. The molecule has 1 aromatic rings. The molecular weight excluding hydrogens is 241 g/mol. The van der Waals surface area contributed by atoms with E-state index in [9.17, 15) is 9.18 Å². The lowest BCUT2D eigenvalue weighted by molar-refractivity contribution is 0.0744. The molecule has 1 saturated heterocycles. The van der Waals surface area contributed by atoms with Crippen LogP contribution in [0.5, 0.6) is 0 Å². The molecular formula is C13H15ClFNO. The van der Waals surface area contributed by atoms with Crippen LogP contribution in [0.3, 0.4) is 0 Å². The maximum absolute atomic E-state index is 13.7. The Morgan fingerprint density at radius 1 is 1.59 bits per heavy atom. The molecule has 92 valence electrons. The van der Waals surface area contributed by atoms with E-state index in [-0.39, 0.29) is 17.5 Å². The van der Waals surface area contributed by atoms with Crippen LogP contribution < -0.4 is 0 Å². The van der Waals surface area contributed by atoms with Crippen molar-refractivity contribution >= 4 is 17.5 Å². The van der Waals surface area contributed by atoms with Crippen molar-refractivity contribution in [3.8, 4) is 0 Å². The lowest BCUT2D eigenvalue weighted by Crippen LogP contribution is -2.37. The molecule has 0 aromatic heterocycles. The second-order valence-corrected chi connectivity index (χ2v) is 4.74. The molecule has 1 aromatic carbocycles. The molecule has 0 bridgehead atoms. The molecule has 0 saturated carbocycles. The minimum absolute atomic E-state index is 0.0462. The van der Waals surface area contributed by atoms with Crippen molar-refractivity contribution in [1.82, 2.24) is 4.90 Å². The van der Waals surface area contributed by atoms with E-state index in [2.05, 4.69) is 0 Å². The second-order valence-electron chi connectivity index (χ2n) is 4.43. The van der Waals surface area contributed by atoms with Crippen LogP contribution in [0.4, 0.5) is 4.39 Å². The van der Waals surface area contributed by atoms with Gasteiger partial charge in [-0.3, -0.25) is 4.79 Å². The van der Waals surface area contributed by atoms with Crippen LogP contribution in [0.15, 0.2) is 18.2 Å². The highest BCUT2D eigenvalue weighted by Crippen LogP contribution is 2.22. The van der Waals surface area contributed by atoms with Gasteiger partial charge in [-0.15, -0.1) is 11.6 Å². The molecule has 1 amide bonds. The van der Waals surface area contributed by atoms with E-state index in [0.717, 1.165) is 18.4 Å². The minimum Gasteiger partial charge on any atom is -0.334 e. The predicted molar refractivity (Wildman–Crippen MR) is 65.9 cm³/mol. The van der Waals surface area contributed by atoms with Crippen molar-refractivity contribution in [3.63, 3.8) is 0 Å². The molecule has 0 aliphatic carbocycles. The van der Waals surface area contributed by atoms with Crippen LogP contribution in [0.1, 0.15) is 28.8 Å². The zero-order valence-electron chi connectivity index (χ0n) is 9.75. The zero-order valence-corrected chi connectivity index (χ0v) is 10.5. The van der Waals surface area contributed by atoms with Gasteiger partial charge >= 0.3 is 0 Å². The van der Waals surface area contributed by atoms with Crippen molar-refractivity contribution in [2.45, 2.75) is 25.8 Å². The summed E-state index contributed by atoms with van der Waals surface area (Å²) in [5.41, 5.74) is 0.960. The number of halogens is 2. The number of aryl methyl sites for hydroxylation is 1. The molecule has 17 heavy (non-hydrogen) atoms. The number of nitrogens with zero attached hydrogens (tertiary/aromatic N) is 1. The van der Waals surface area contributed by atoms with E-state index in [1.165, 1.54) is 6.07 Å². The van der Waals surface area contributed by atoms with Crippen LogP contribution in [-0.2, 0) is 0 Å². The monoisotopic (exact) mass is 255 g/mol. The Morgan fingerprint density at radius 2 is 2.35 bits per heavy atom. The average molecular weight is 256 g/mol. The second kappa shape index (κ2) is 5.05. The highest BCUT2D eigenvalue weighted by atomic mass is 35.5. The van der Waals surface area contributed by atoms with Crippen LogP contribution in [-0.4, -0.2) is 29.3 Å². The van der Waals surface area contributed by atoms with Crippen molar-refractivity contribution in [3.05, 3.63) is 35.1 Å². The van der Waals surface area contributed by atoms with Gasteiger partial charge in [0.05, 0.1) is 5.56 Å². The first-order valence-electron chi connectivity index (χ1n) is 5.76. The van der Waals surface area contributed by atoms with Gasteiger partial charge in [-0.2, -0.15) is 0 Å². The maximum atomic E-state index is 13.7. The highest BCUT2D eigenvalue weighted by molar-refractivity contribution is 6.18. The molecule has 0 spiro atoms. The summed E-state index contributed by atoms with van der Waals surface area (Å²) in [6.45, 7) is 2.47. The number of benzene rings is 1. The fourth-order valence-corrected chi connectivity index (χ4v) is 2.53. The van der Waals surface area contributed by atoms with Crippen molar-refractivity contribution < 1.29 is 9.18 Å². The molecule has 2 rings (SSSR count). The summed E-state index contributed by atoms with van der Waals surface area (Å²) >= 11 is 5.81. The molecule has 4 heteroatoms. The van der Waals surface area contributed by atoms with E-state index in [4.69, 9.17) is 11.6 Å². The Labute approximate surface area is 105 Å². The fourth-order valence-electron chi connectivity index (χ4n) is 2.21. The van der Waals surface area contributed by atoms with Gasteiger partial charge in [0.2, 0.25) is 0 Å². The number of amides is 1. The first-order chi connectivity index (χ1) is 8.13. The highest BCUT2D eigenvalue weighted by Gasteiger charge is 2.29. The number of carbonyl (C=O) groups excluding carboxylic acids is 1. The topological polar surface area (TPSA) is 20.3 Å². The lowest BCUT2D eigenvalue weighted by Gasteiger charge is -2.23. The third-order valence-corrected chi connectivity index (χ3v) is 3.53. The summed E-state index contributed by atoms with van der Waals surface area (Å²) in [5.74, 6) is -0.278. The van der Waals surface area contributed by atoms with E-state index in [0.29, 0.717) is 12.4 Å². The van der Waals surface area contributed by atoms with Crippen LogP contribution >= 0.6 is 11.6 Å². The predicted octanol–water partition coefficient (Wildman–Crippen LogP) is 2.98. The minimum atomic E-state index is -0.449. The van der Waals surface area contributed by atoms with Crippen molar-refractivity contribution in [2.24, 2.45) is 0 Å². The molecule has 0 radical (unpaired) electrons. The molecule has 2 nitrogen and oxygen atoms in total. The molecule has 1 heterocycles. The summed E-state index contributed by atoms with van der Waals surface area (Å²) in [6.07, 6.45) is 1.85. The van der Waals surface area contributed by atoms with Gasteiger partial charge in [0, 0.05) is 18.5 Å². The molecule has 1 fully saturated rings. The normalized spacial score (nSPS) is 19.7. The zero-order chi connectivity index (χ0) is 12.4. The lowest BCUT2D eigenvalue weighted by atomic mass is 10.1. The Hall–Kier alpha value is -1.09. The van der Waals surface area contributed by atoms with E-state index >= 15 is 0 Å². The summed E-state index contributed by atoms with van der Waals surface area (Å²) in [6, 6.07) is 4.74. The summed E-state index contributed by atoms with van der Waals surface area (Å²) < 4.78 is 13.7. The summed E-state index contributed by atoms with van der Waals surface area (Å²) in [7, 11) is 0. The Balaban J connectivity index is 2.24. The van der Waals surface area contributed by atoms with Gasteiger partial charge < -0.3 is 4.90 Å². The smallest absolute Gasteiger partial charge is 0.257 e. The SMILES string of the molecule is Cc1ccc(C(=O)N2CCCC2CCl)c(F)c1. The molecule has 1 unspecified atom stereocenters. The summed E-state index contributed by atoms with van der Waals surface area (Å²) in [5, 5.41) is 0. The van der Waals surface area contributed by atoms with Crippen molar-refractivity contribution in [2.75, 3.05) is 12.4 Å². The number of alkyl halides is 1. The average Bonchev–Trinajstić information content (AvgIpc) is 2.76. The van der Waals surface area contributed by atoms with Gasteiger partial charge in [-0.05, 0) is 37.5 Å². The first kappa shape index (κ1) is 12.4. The van der Waals surface area contributed by atoms with E-state index in [1.807, 2.05) is 0 Å². The standard InChI is InChI=1S/C13H15ClFNO/c1-9-4-5-11(12(15)7-9)13(17)16-6-2-3-10(16)8-14/h4-5,7,10H,2-3,6,8H2,1H3. The third-order valence-electron chi connectivity index (χ3n) is 3.17. The summed E-state index contributed by atoms with van der Waals surface area (Å²) in [4.78, 5) is 13.9. The molecule has 0 N–H and O–H groups in total. The van der Waals surface area contributed by atoms with Gasteiger partial charge in [0.1, 0.15) is 5.82 Å². The number of hydrogen-bond acceptors (Lipinski definition) is 1. The van der Waals surface area contributed by atoms with Gasteiger partial charge in [-0.1, -0.05) is 6.07 Å². The fraction of sp³-hybridized carbons (Fsp3) is 0.462. The van der Waals surface area contributed by atoms with Gasteiger partial charge in [-0.25, -0.2) is 4.39 Å². The largest absolute Gasteiger partial charge is 0.334 e. The van der Waals surface area contributed by atoms with Gasteiger partial charge in [0.25, 0.3) is 5.91 Å². The Kier molecular flexibility index (Phi) is 3.67. The number of hydrogen-bond donors (Lipinski definition) is 0. The number of rotatable bonds is 2. The van der Waals surface area contributed by atoms with E-state index in [1.54, 1.807) is 24.0 Å². The number of carbonyl (C=O) groups is 1. The van der Waals surface area contributed by atoms with Gasteiger partial charge in [0.15, 0.2) is 0 Å². The van der Waals surface area contributed by atoms with Crippen LogP contribution in [0.2, 0.25) is 0 Å². The Morgan fingerprint density at radius 3 is 3.00 bits per heavy atom. The quantitative estimate of drug-likeness (QED) is 0.744. The maximum Gasteiger partial charge on any atom is 0.257 e. The third kappa shape index (κ3) is 2.44. The molecule has 1 aliphatic rings. The van der Waals surface area contributed by atoms with Crippen LogP contribution in [0, 0.1) is 12.7 Å². The number of likely N-dealkylation sites (tertiary alicyclic amines) is 1. The van der Waals surface area contributed by atoms with Crippen LogP contribution in [0.25, 0.3) is 0 Å². The molecule has 1 aliphatic heterocycles. The first-order valence-corrected chi connectivity index (χ1v) is 6.30. The van der Waals surface area contributed by atoms with E-state index < -0.39 is 5.82 Å².